The number of halogens is 1. The predicted octanol–water partition coefficient (Wildman–Crippen LogP) is 3.65. The molecular weight excluding hydrogens is 248 g/mol. The van der Waals surface area contributed by atoms with E-state index in [0.29, 0.717) is 11.6 Å². The molecule has 1 aliphatic heterocycles. The van der Waals surface area contributed by atoms with Crippen LogP contribution in [0.15, 0.2) is 18.2 Å². The molecule has 3 nitrogen and oxygen atoms in total. The van der Waals surface area contributed by atoms with Crippen LogP contribution in [0.4, 0.5) is 11.4 Å². The van der Waals surface area contributed by atoms with Crippen molar-refractivity contribution in [1.82, 2.24) is 0 Å². The van der Waals surface area contributed by atoms with Gasteiger partial charge in [-0.15, -0.1) is 0 Å². The highest BCUT2D eigenvalue weighted by atomic mass is 35.5. The molecule has 4 heteroatoms. The summed E-state index contributed by atoms with van der Waals surface area (Å²) < 4.78 is 0. The van der Waals surface area contributed by atoms with E-state index in [0.717, 1.165) is 37.1 Å². The van der Waals surface area contributed by atoms with E-state index in [2.05, 4.69) is 10.6 Å². The minimum absolute atomic E-state index is 0.163. The third-order valence-corrected chi connectivity index (χ3v) is 4.37. The molecule has 96 valence electrons. The molecule has 1 saturated carbocycles. The van der Waals surface area contributed by atoms with E-state index in [4.69, 9.17) is 11.6 Å². The Morgan fingerprint density at radius 2 is 1.89 bits per heavy atom. The highest BCUT2D eigenvalue weighted by Gasteiger charge is 2.41. The Morgan fingerprint density at radius 3 is 2.67 bits per heavy atom. The van der Waals surface area contributed by atoms with Crippen LogP contribution in [0.3, 0.4) is 0 Å². The Bertz CT molecular complexity index is 481. The van der Waals surface area contributed by atoms with Gasteiger partial charge in [-0.3, -0.25) is 4.79 Å². The molecule has 1 heterocycles. The fourth-order valence-corrected chi connectivity index (χ4v) is 3.18. The van der Waals surface area contributed by atoms with Crippen LogP contribution in [0.25, 0.3) is 0 Å². The smallest absolute Gasteiger partial charge is 0.232 e. The number of rotatable bonds is 0. The van der Waals surface area contributed by atoms with E-state index in [1.165, 1.54) is 6.42 Å². The second-order valence-electron chi connectivity index (χ2n) is 5.34. The number of hydrogen-bond acceptors (Lipinski definition) is 2. The van der Waals surface area contributed by atoms with E-state index < -0.39 is 0 Å². The molecule has 18 heavy (non-hydrogen) atoms. The Balaban J connectivity index is 1.92. The summed E-state index contributed by atoms with van der Waals surface area (Å²) in [5, 5.41) is 7.13. The molecule has 1 aliphatic carbocycles. The van der Waals surface area contributed by atoms with Crippen LogP contribution in [-0.2, 0) is 4.79 Å². The minimum Gasteiger partial charge on any atom is -0.382 e. The van der Waals surface area contributed by atoms with Crippen molar-refractivity contribution >= 4 is 28.9 Å². The molecule has 1 amide bonds. The molecule has 0 radical (unpaired) electrons. The van der Waals surface area contributed by atoms with Crippen molar-refractivity contribution < 1.29 is 4.79 Å². The van der Waals surface area contributed by atoms with Crippen LogP contribution in [0.5, 0.6) is 0 Å². The maximum atomic E-state index is 12.5. The summed E-state index contributed by atoms with van der Waals surface area (Å²) in [5.74, 6) is 0.163. The molecule has 1 spiro atoms. The summed E-state index contributed by atoms with van der Waals surface area (Å²) in [6.07, 6.45) is 5.49. The number of anilines is 2. The van der Waals surface area contributed by atoms with Crippen molar-refractivity contribution in [1.29, 1.82) is 0 Å². The molecule has 0 unspecified atom stereocenters. The summed E-state index contributed by atoms with van der Waals surface area (Å²) in [5.41, 5.74) is 1.54. The summed E-state index contributed by atoms with van der Waals surface area (Å²) in [6.45, 7) is 0.714. The quantitative estimate of drug-likeness (QED) is 0.751. The van der Waals surface area contributed by atoms with Gasteiger partial charge in [0, 0.05) is 11.6 Å². The first-order valence-electron chi connectivity index (χ1n) is 6.55. The van der Waals surface area contributed by atoms with Crippen LogP contribution in [0, 0.1) is 5.41 Å². The highest BCUT2D eigenvalue weighted by molar-refractivity contribution is 6.31. The van der Waals surface area contributed by atoms with Gasteiger partial charge >= 0.3 is 0 Å². The zero-order valence-electron chi connectivity index (χ0n) is 10.3. The summed E-state index contributed by atoms with van der Waals surface area (Å²) in [4.78, 5) is 12.5. The molecule has 3 rings (SSSR count). The average molecular weight is 265 g/mol. The number of amides is 1. The standard InChI is InChI=1S/C14H17ClN2O/c15-10-4-5-11-12(8-10)16-9-14(13(18)17-11)6-2-1-3-7-14/h4-5,8,16H,1-3,6-7,9H2,(H,17,18). The lowest BCUT2D eigenvalue weighted by Crippen LogP contribution is -2.41. The largest absolute Gasteiger partial charge is 0.382 e. The van der Waals surface area contributed by atoms with E-state index in [1.54, 1.807) is 6.07 Å². The van der Waals surface area contributed by atoms with Crippen LogP contribution < -0.4 is 10.6 Å². The molecule has 1 aromatic rings. The average Bonchev–Trinajstić information content (AvgIpc) is 2.51. The van der Waals surface area contributed by atoms with E-state index in [1.807, 2.05) is 12.1 Å². The number of benzene rings is 1. The van der Waals surface area contributed by atoms with Crippen LogP contribution in [0.2, 0.25) is 5.02 Å². The molecular formula is C14H17ClN2O. The maximum absolute atomic E-state index is 12.5. The SMILES string of the molecule is O=C1Nc2ccc(Cl)cc2NCC12CCCCC2. The van der Waals surface area contributed by atoms with Crippen molar-refractivity contribution in [3.8, 4) is 0 Å². The molecule has 1 fully saturated rings. The molecule has 1 aromatic carbocycles. The molecule has 0 atom stereocenters. The van der Waals surface area contributed by atoms with Gasteiger partial charge in [0.25, 0.3) is 0 Å². The molecule has 2 N–H and O–H groups in total. The van der Waals surface area contributed by atoms with E-state index in [-0.39, 0.29) is 11.3 Å². The Labute approximate surface area is 112 Å². The summed E-state index contributed by atoms with van der Waals surface area (Å²) in [7, 11) is 0. The monoisotopic (exact) mass is 264 g/mol. The van der Waals surface area contributed by atoms with Gasteiger partial charge in [0.2, 0.25) is 5.91 Å². The Hall–Kier alpha value is -1.22. The Morgan fingerprint density at radius 1 is 1.11 bits per heavy atom. The van der Waals surface area contributed by atoms with Crippen molar-refractivity contribution in [2.24, 2.45) is 5.41 Å². The van der Waals surface area contributed by atoms with Gasteiger partial charge in [-0.2, -0.15) is 0 Å². The van der Waals surface area contributed by atoms with Gasteiger partial charge in [-0.05, 0) is 31.0 Å². The van der Waals surface area contributed by atoms with Crippen molar-refractivity contribution in [3.63, 3.8) is 0 Å². The van der Waals surface area contributed by atoms with E-state index >= 15 is 0 Å². The van der Waals surface area contributed by atoms with E-state index in [9.17, 15) is 4.79 Å². The van der Waals surface area contributed by atoms with Gasteiger partial charge in [0.1, 0.15) is 0 Å². The number of fused-ring (bicyclic) bond motifs is 1. The lowest BCUT2D eigenvalue weighted by molar-refractivity contribution is -0.126. The second kappa shape index (κ2) is 4.47. The van der Waals surface area contributed by atoms with Crippen LogP contribution in [-0.4, -0.2) is 12.5 Å². The number of carbonyl (C=O) groups excluding carboxylic acids is 1. The number of nitrogens with one attached hydrogen (secondary N) is 2. The van der Waals surface area contributed by atoms with Crippen molar-refractivity contribution in [2.45, 2.75) is 32.1 Å². The zero-order chi connectivity index (χ0) is 12.6. The lowest BCUT2D eigenvalue weighted by atomic mass is 9.73. The van der Waals surface area contributed by atoms with Crippen LogP contribution >= 0.6 is 11.6 Å². The zero-order valence-corrected chi connectivity index (χ0v) is 11.0. The topological polar surface area (TPSA) is 41.1 Å². The first-order valence-corrected chi connectivity index (χ1v) is 6.92. The van der Waals surface area contributed by atoms with Gasteiger partial charge in [-0.25, -0.2) is 0 Å². The molecule has 0 aromatic heterocycles. The van der Waals surface area contributed by atoms with Crippen molar-refractivity contribution in [3.05, 3.63) is 23.2 Å². The predicted molar refractivity (Wildman–Crippen MR) is 74.1 cm³/mol. The maximum Gasteiger partial charge on any atom is 0.232 e. The fourth-order valence-electron chi connectivity index (χ4n) is 3.00. The first-order chi connectivity index (χ1) is 8.70. The third-order valence-electron chi connectivity index (χ3n) is 4.14. The fraction of sp³-hybridized carbons (Fsp3) is 0.500. The summed E-state index contributed by atoms with van der Waals surface area (Å²) in [6, 6.07) is 5.55. The molecule has 2 aliphatic rings. The lowest BCUT2D eigenvalue weighted by Gasteiger charge is -2.34. The minimum atomic E-state index is -0.232. The van der Waals surface area contributed by atoms with Gasteiger partial charge < -0.3 is 10.6 Å². The number of hydrogen-bond donors (Lipinski definition) is 2. The second-order valence-corrected chi connectivity index (χ2v) is 5.78. The summed E-state index contributed by atoms with van der Waals surface area (Å²) >= 11 is 5.99. The Kier molecular flexibility index (Phi) is 2.94. The molecule has 0 saturated heterocycles. The van der Waals surface area contributed by atoms with Gasteiger partial charge in [-0.1, -0.05) is 30.9 Å². The van der Waals surface area contributed by atoms with Crippen molar-refractivity contribution in [2.75, 3.05) is 17.2 Å². The first kappa shape index (κ1) is 11.8. The highest BCUT2D eigenvalue weighted by Crippen LogP contribution is 2.41. The number of carbonyl (C=O) groups is 1. The van der Waals surface area contributed by atoms with Gasteiger partial charge in [0.15, 0.2) is 0 Å². The van der Waals surface area contributed by atoms with Gasteiger partial charge in [0.05, 0.1) is 16.8 Å². The molecule has 0 bridgehead atoms. The van der Waals surface area contributed by atoms with Crippen LogP contribution in [0.1, 0.15) is 32.1 Å². The third kappa shape index (κ3) is 1.97. The normalized spacial score (nSPS) is 21.7.